The summed E-state index contributed by atoms with van der Waals surface area (Å²) < 4.78 is 39.9. The van der Waals surface area contributed by atoms with Gasteiger partial charge >= 0.3 is 6.18 Å². The average Bonchev–Trinajstić information content (AvgIpc) is 2.29. The van der Waals surface area contributed by atoms with Crippen LogP contribution in [-0.4, -0.2) is 43.0 Å². The molecule has 0 aliphatic heterocycles. The summed E-state index contributed by atoms with van der Waals surface area (Å²) in [5.41, 5.74) is 0.802. The molecule has 0 fully saturated rings. The molecule has 0 saturated carbocycles. The number of hydrogen-bond acceptors (Lipinski definition) is 5. The molecule has 0 bridgehead atoms. The van der Waals surface area contributed by atoms with Crippen LogP contribution in [-0.2, 0) is 4.74 Å². The molecule has 0 amide bonds. The van der Waals surface area contributed by atoms with Crippen molar-refractivity contribution in [1.82, 2.24) is 9.97 Å². The summed E-state index contributed by atoms with van der Waals surface area (Å²) in [6, 6.07) is 0. The lowest BCUT2D eigenvalue weighted by molar-refractivity contribution is -0.172. The van der Waals surface area contributed by atoms with Crippen molar-refractivity contribution in [2.45, 2.75) is 13.1 Å². The molecule has 8 heteroatoms. The molecule has 102 valence electrons. The highest BCUT2D eigenvalue weighted by atomic mass is 19.4. The van der Waals surface area contributed by atoms with E-state index in [4.69, 9.17) is 0 Å². The topological polar surface area (TPSA) is 59.1 Å². The van der Waals surface area contributed by atoms with Crippen molar-refractivity contribution >= 4 is 11.6 Å². The number of nitrogens with zero attached hydrogens (tertiary/aromatic N) is 2. The van der Waals surface area contributed by atoms with Crippen LogP contribution >= 0.6 is 0 Å². The van der Waals surface area contributed by atoms with Crippen molar-refractivity contribution in [3.8, 4) is 0 Å². The van der Waals surface area contributed by atoms with Gasteiger partial charge in [0.05, 0.1) is 6.61 Å². The third kappa shape index (κ3) is 4.74. The summed E-state index contributed by atoms with van der Waals surface area (Å²) in [6.45, 7) is 0.777. The lowest BCUT2D eigenvalue weighted by Gasteiger charge is -2.11. The van der Waals surface area contributed by atoms with Gasteiger partial charge in [0, 0.05) is 19.2 Å². The normalized spacial score (nSPS) is 11.4. The first-order valence-electron chi connectivity index (χ1n) is 5.32. The number of hydrogen-bond donors (Lipinski definition) is 2. The maximum absolute atomic E-state index is 11.8. The molecule has 1 aromatic heterocycles. The second-order valence-corrected chi connectivity index (χ2v) is 3.54. The molecule has 0 aliphatic rings. The Kier molecular flexibility index (Phi) is 5.14. The van der Waals surface area contributed by atoms with E-state index in [0.717, 1.165) is 5.56 Å². The van der Waals surface area contributed by atoms with E-state index in [-0.39, 0.29) is 13.2 Å². The Morgan fingerprint density at radius 1 is 1.28 bits per heavy atom. The van der Waals surface area contributed by atoms with E-state index in [1.165, 1.54) is 6.33 Å². The third-order valence-corrected chi connectivity index (χ3v) is 2.13. The van der Waals surface area contributed by atoms with Gasteiger partial charge in [0.1, 0.15) is 24.6 Å². The van der Waals surface area contributed by atoms with Gasteiger partial charge in [-0.2, -0.15) is 13.2 Å². The van der Waals surface area contributed by atoms with Crippen molar-refractivity contribution in [2.24, 2.45) is 0 Å². The van der Waals surface area contributed by atoms with Gasteiger partial charge in [-0.15, -0.1) is 0 Å². The Labute approximate surface area is 103 Å². The Morgan fingerprint density at radius 2 is 1.94 bits per heavy atom. The van der Waals surface area contributed by atoms with Crippen molar-refractivity contribution in [2.75, 3.05) is 37.4 Å². The zero-order valence-electron chi connectivity index (χ0n) is 10.1. The predicted molar refractivity (Wildman–Crippen MR) is 61.7 cm³/mol. The Hall–Kier alpha value is -1.57. The highest BCUT2D eigenvalue weighted by Gasteiger charge is 2.27. The maximum atomic E-state index is 11.8. The molecular formula is C10H15F3N4O. The van der Waals surface area contributed by atoms with Crippen molar-refractivity contribution < 1.29 is 17.9 Å². The second-order valence-electron chi connectivity index (χ2n) is 3.54. The smallest absolute Gasteiger partial charge is 0.373 e. The molecule has 1 aromatic rings. The van der Waals surface area contributed by atoms with E-state index >= 15 is 0 Å². The van der Waals surface area contributed by atoms with Crippen LogP contribution < -0.4 is 10.6 Å². The van der Waals surface area contributed by atoms with Gasteiger partial charge in [-0.1, -0.05) is 0 Å². The van der Waals surface area contributed by atoms with Crippen LogP contribution in [0.15, 0.2) is 6.33 Å². The van der Waals surface area contributed by atoms with Gasteiger partial charge < -0.3 is 15.4 Å². The molecule has 0 aliphatic carbocycles. The van der Waals surface area contributed by atoms with Crippen LogP contribution in [0, 0.1) is 6.92 Å². The molecule has 1 heterocycles. The Balaban J connectivity index is 2.36. The summed E-state index contributed by atoms with van der Waals surface area (Å²) in [7, 11) is 1.73. The fraction of sp³-hybridized carbons (Fsp3) is 0.600. The molecule has 0 atom stereocenters. The molecule has 18 heavy (non-hydrogen) atoms. The maximum Gasteiger partial charge on any atom is 0.411 e. The number of nitrogens with one attached hydrogen (secondary N) is 2. The number of alkyl halides is 3. The molecular weight excluding hydrogens is 249 g/mol. The molecule has 0 unspecified atom stereocenters. The van der Waals surface area contributed by atoms with E-state index in [2.05, 4.69) is 25.3 Å². The van der Waals surface area contributed by atoms with Crippen LogP contribution in [0.4, 0.5) is 24.8 Å². The highest BCUT2D eigenvalue weighted by molar-refractivity contribution is 5.55. The minimum Gasteiger partial charge on any atom is -0.373 e. The summed E-state index contributed by atoms with van der Waals surface area (Å²) >= 11 is 0. The molecule has 0 spiro atoms. The Morgan fingerprint density at radius 3 is 2.56 bits per heavy atom. The first-order chi connectivity index (χ1) is 8.44. The SMILES string of the molecule is CNc1ncnc(NCCOCC(F)(F)F)c1C. The monoisotopic (exact) mass is 264 g/mol. The van der Waals surface area contributed by atoms with E-state index in [0.29, 0.717) is 11.6 Å². The lowest BCUT2D eigenvalue weighted by atomic mass is 10.3. The van der Waals surface area contributed by atoms with E-state index in [1.54, 1.807) is 7.05 Å². The summed E-state index contributed by atoms with van der Waals surface area (Å²) in [4.78, 5) is 7.99. The van der Waals surface area contributed by atoms with Gasteiger partial charge in [-0.25, -0.2) is 9.97 Å². The number of anilines is 2. The number of rotatable bonds is 6. The van der Waals surface area contributed by atoms with Crippen molar-refractivity contribution in [3.63, 3.8) is 0 Å². The molecule has 5 nitrogen and oxygen atoms in total. The fourth-order valence-corrected chi connectivity index (χ4v) is 1.31. The zero-order chi connectivity index (χ0) is 13.6. The largest absolute Gasteiger partial charge is 0.411 e. The minimum atomic E-state index is -4.29. The third-order valence-electron chi connectivity index (χ3n) is 2.13. The van der Waals surface area contributed by atoms with E-state index in [9.17, 15) is 13.2 Å². The number of aromatic nitrogens is 2. The van der Waals surface area contributed by atoms with Gasteiger partial charge in [-0.3, -0.25) is 0 Å². The summed E-state index contributed by atoms with van der Waals surface area (Å²) in [5, 5.41) is 5.78. The summed E-state index contributed by atoms with van der Waals surface area (Å²) in [6.07, 6.45) is -2.91. The molecule has 2 N–H and O–H groups in total. The lowest BCUT2D eigenvalue weighted by Crippen LogP contribution is -2.20. The Bertz CT molecular complexity index is 384. The molecule has 0 aromatic carbocycles. The molecule has 1 rings (SSSR count). The van der Waals surface area contributed by atoms with Gasteiger partial charge in [0.15, 0.2) is 0 Å². The number of ether oxygens (including phenoxy) is 1. The molecule has 0 saturated heterocycles. The predicted octanol–water partition coefficient (Wildman–Crippen LogP) is 1.82. The first kappa shape index (κ1) is 14.5. The van der Waals surface area contributed by atoms with Crippen molar-refractivity contribution in [1.29, 1.82) is 0 Å². The standard InChI is InChI=1S/C10H15F3N4O/c1-7-8(14-2)16-6-17-9(7)15-3-4-18-5-10(11,12)13/h6H,3-5H2,1-2H3,(H2,14,15,16,17). The van der Waals surface area contributed by atoms with Gasteiger partial charge in [0.25, 0.3) is 0 Å². The van der Waals surface area contributed by atoms with Crippen LogP contribution in [0.5, 0.6) is 0 Å². The van der Waals surface area contributed by atoms with Crippen LogP contribution in [0.1, 0.15) is 5.56 Å². The summed E-state index contributed by atoms with van der Waals surface area (Å²) in [5.74, 6) is 1.24. The molecule has 0 radical (unpaired) electrons. The van der Waals surface area contributed by atoms with Gasteiger partial charge in [0.2, 0.25) is 0 Å². The fourth-order valence-electron chi connectivity index (χ4n) is 1.31. The quantitative estimate of drug-likeness (QED) is 0.767. The second kappa shape index (κ2) is 6.39. The van der Waals surface area contributed by atoms with Gasteiger partial charge in [-0.05, 0) is 6.92 Å². The van der Waals surface area contributed by atoms with Crippen LogP contribution in [0.3, 0.4) is 0 Å². The minimum absolute atomic E-state index is 0.0438. The van der Waals surface area contributed by atoms with Crippen molar-refractivity contribution in [3.05, 3.63) is 11.9 Å². The van der Waals surface area contributed by atoms with Crippen LogP contribution in [0.2, 0.25) is 0 Å². The highest BCUT2D eigenvalue weighted by Crippen LogP contribution is 2.17. The number of halogens is 3. The first-order valence-corrected chi connectivity index (χ1v) is 5.32. The zero-order valence-corrected chi connectivity index (χ0v) is 10.1. The van der Waals surface area contributed by atoms with E-state index < -0.39 is 12.8 Å². The van der Waals surface area contributed by atoms with E-state index in [1.807, 2.05) is 6.92 Å². The average molecular weight is 264 g/mol. The van der Waals surface area contributed by atoms with Crippen LogP contribution in [0.25, 0.3) is 0 Å².